The number of fused-ring (bicyclic) bond motifs is 1. The lowest BCUT2D eigenvalue weighted by atomic mass is 10.1. The van der Waals surface area contributed by atoms with Crippen molar-refractivity contribution in [1.82, 2.24) is 19.8 Å². The molecule has 200 valence electrons. The van der Waals surface area contributed by atoms with Crippen LogP contribution in [0.2, 0.25) is 0 Å². The molecule has 5 rings (SSSR count). The number of benzene rings is 2. The van der Waals surface area contributed by atoms with E-state index in [2.05, 4.69) is 16.3 Å². The molecule has 0 aliphatic carbocycles. The van der Waals surface area contributed by atoms with Crippen molar-refractivity contribution in [3.63, 3.8) is 0 Å². The Morgan fingerprint density at radius 2 is 1.85 bits per heavy atom. The minimum atomic E-state index is -0.369. The van der Waals surface area contributed by atoms with Gasteiger partial charge in [-0.3, -0.25) is 9.59 Å². The third-order valence-corrected chi connectivity index (χ3v) is 7.85. The molecule has 4 aromatic rings. The smallest absolute Gasteiger partial charge is 0.259 e. The lowest BCUT2D eigenvalue weighted by molar-refractivity contribution is -0.129. The van der Waals surface area contributed by atoms with Gasteiger partial charge in [-0.25, -0.2) is 9.37 Å². The molecule has 0 atom stereocenters. The topological polar surface area (TPSA) is 97.5 Å². The van der Waals surface area contributed by atoms with Gasteiger partial charge in [0.15, 0.2) is 5.13 Å². The monoisotopic (exact) mass is 545 g/mol. The molecule has 1 N–H and O–H groups in total. The second-order valence-corrected chi connectivity index (χ2v) is 10.5. The number of thiazole rings is 1. The van der Waals surface area contributed by atoms with E-state index in [1.54, 1.807) is 32.4 Å². The van der Waals surface area contributed by atoms with Gasteiger partial charge in [0.2, 0.25) is 5.91 Å². The fourth-order valence-electron chi connectivity index (χ4n) is 4.59. The van der Waals surface area contributed by atoms with E-state index in [0.717, 1.165) is 37.3 Å². The number of carbonyl (C=O) groups is 1. The Labute approximate surface area is 229 Å². The SMILES string of the molecule is CN(C)C(=O)Cn1cc(N(C)c2nc(-c3ccc(F)cc3)c(C#N)s2)c2cc(N3CCNCC3)ccc2c1=O. The third kappa shape index (κ3) is 5.21. The Balaban J connectivity index is 1.65. The molecule has 0 saturated carbocycles. The lowest BCUT2D eigenvalue weighted by Crippen LogP contribution is -2.43. The number of hydrogen-bond acceptors (Lipinski definition) is 8. The molecular formula is C28H28FN7O2S. The number of aromatic nitrogens is 2. The van der Waals surface area contributed by atoms with Gasteiger partial charge in [0.25, 0.3) is 5.56 Å². The summed E-state index contributed by atoms with van der Waals surface area (Å²) in [4.78, 5) is 36.7. The van der Waals surface area contributed by atoms with Crippen LogP contribution in [0.25, 0.3) is 22.0 Å². The number of amides is 1. The summed E-state index contributed by atoms with van der Waals surface area (Å²) in [6, 6.07) is 13.8. The predicted octanol–water partition coefficient (Wildman–Crippen LogP) is 3.40. The molecule has 1 saturated heterocycles. The van der Waals surface area contributed by atoms with E-state index in [1.807, 2.05) is 30.1 Å². The van der Waals surface area contributed by atoms with Gasteiger partial charge in [-0.2, -0.15) is 5.26 Å². The summed E-state index contributed by atoms with van der Waals surface area (Å²) in [6.07, 6.45) is 1.68. The summed E-state index contributed by atoms with van der Waals surface area (Å²) in [5.74, 6) is -0.576. The number of piperazine rings is 1. The first-order valence-electron chi connectivity index (χ1n) is 12.5. The first kappa shape index (κ1) is 26.3. The van der Waals surface area contributed by atoms with Crippen molar-refractivity contribution in [2.24, 2.45) is 0 Å². The Bertz CT molecular complexity index is 1630. The first-order valence-corrected chi connectivity index (χ1v) is 13.3. The minimum Gasteiger partial charge on any atom is -0.369 e. The van der Waals surface area contributed by atoms with Crippen LogP contribution in [0, 0.1) is 17.1 Å². The molecule has 0 radical (unpaired) electrons. The number of nitrogens with one attached hydrogen (secondary N) is 1. The summed E-state index contributed by atoms with van der Waals surface area (Å²) >= 11 is 1.21. The van der Waals surface area contributed by atoms with Gasteiger partial charge in [0, 0.05) is 75.5 Å². The number of nitriles is 1. The molecule has 1 aliphatic rings. The van der Waals surface area contributed by atoms with E-state index in [9.17, 15) is 19.2 Å². The number of halogens is 1. The number of anilines is 3. The van der Waals surface area contributed by atoms with Crippen LogP contribution in [0.4, 0.5) is 20.9 Å². The van der Waals surface area contributed by atoms with Crippen LogP contribution in [0.1, 0.15) is 4.88 Å². The van der Waals surface area contributed by atoms with E-state index < -0.39 is 0 Å². The second kappa shape index (κ2) is 10.8. The van der Waals surface area contributed by atoms with Crippen molar-refractivity contribution in [2.75, 3.05) is 57.1 Å². The quantitative estimate of drug-likeness (QED) is 0.397. The Hall–Kier alpha value is -4.27. The van der Waals surface area contributed by atoms with Crippen molar-refractivity contribution in [3.05, 3.63) is 69.7 Å². The van der Waals surface area contributed by atoms with Gasteiger partial charge in [-0.15, -0.1) is 0 Å². The number of hydrogen-bond donors (Lipinski definition) is 1. The molecule has 3 heterocycles. The van der Waals surface area contributed by atoms with Crippen LogP contribution in [-0.2, 0) is 11.3 Å². The van der Waals surface area contributed by atoms with Crippen molar-refractivity contribution >= 4 is 44.5 Å². The normalized spacial score (nSPS) is 13.4. The Morgan fingerprint density at radius 1 is 1.13 bits per heavy atom. The largest absolute Gasteiger partial charge is 0.369 e. The fraction of sp³-hybridized carbons (Fsp3) is 0.286. The maximum atomic E-state index is 13.5. The van der Waals surface area contributed by atoms with Gasteiger partial charge in [0.1, 0.15) is 29.0 Å². The zero-order valence-corrected chi connectivity index (χ0v) is 22.8. The fourth-order valence-corrected chi connectivity index (χ4v) is 5.45. The highest BCUT2D eigenvalue weighted by Crippen LogP contribution is 2.38. The zero-order chi connectivity index (χ0) is 27.7. The molecule has 2 aromatic carbocycles. The van der Waals surface area contributed by atoms with E-state index in [0.29, 0.717) is 32.3 Å². The molecule has 1 aliphatic heterocycles. The van der Waals surface area contributed by atoms with Crippen molar-refractivity contribution in [2.45, 2.75) is 6.54 Å². The van der Waals surface area contributed by atoms with Gasteiger partial charge in [-0.05, 0) is 42.5 Å². The minimum absolute atomic E-state index is 0.107. The predicted molar refractivity (Wildman–Crippen MR) is 152 cm³/mol. The molecular weight excluding hydrogens is 517 g/mol. The van der Waals surface area contributed by atoms with Gasteiger partial charge in [0.05, 0.1) is 5.69 Å². The van der Waals surface area contributed by atoms with Crippen LogP contribution in [0.3, 0.4) is 0 Å². The van der Waals surface area contributed by atoms with Crippen LogP contribution >= 0.6 is 11.3 Å². The van der Waals surface area contributed by atoms with Crippen LogP contribution in [0.5, 0.6) is 0 Å². The number of likely N-dealkylation sites (N-methyl/N-ethyl adjacent to an activating group) is 1. The zero-order valence-electron chi connectivity index (χ0n) is 21.9. The van der Waals surface area contributed by atoms with Crippen molar-refractivity contribution < 1.29 is 9.18 Å². The molecule has 1 fully saturated rings. The maximum Gasteiger partial charge on any atom is 0.259 e. The van der Waals surface area contributed by atoms with Crippen LogP contribution in [-0.4, -0.2) is 67.7 Å². The standard InChI is InChI=1S/C28H28FN7O2S/c1-33(2)25(37)17-36-16-23(22-14-20(8-9-21(22)27(36)38)35-12-10-31-11-13-35)34(3)28-32-26(24(15-30)39-28)18-4-6-19(29)7-5-18/h4-9,14,16,31H,10-13,17H2,1-3H3. The molecule has 0 bridgehead atoms. The van der Waals surface area contributed by atoms with Crippen LogP contribution in [0.15, 0.2) is 53.5 Å². The molecule has 0 unspecified atom stereocenters. The van der Waals surface area contributed by atoms with E-state index in [4.69, 9.17) is 4.98 Å². The maximum absolute atomic E-state index is 13.5. The molecule has 11 heteroatoms. The first-order chi connectivity index (χ1) is 18.8. The number of carbonyl (C=O) groups excluding carboxylic acids is 1. The Morgan fingerprint density at radius 3 is 2.51 bits per heavy atom. The highest BCUT2D eigenvalue weighted by molar-refractivity contribution is 7.16. The summed E-state index contributed by atoms with van der Waals surface area (Å²) < 4.78 is 14.9. The van der Waals surface area contributed by atoms with E-state index in [1.165, 1.54) is 32.9 Å². The second-order valence-electron chi connectivity index (χ2n) is 9.55. The summed E-state index contributed by atoms with van der Waals surface area (Å²) in [5.41, 5.74) is 2.52. The highest BCUT2D eigenvalue weighted by atomic mass is 32.1. The molecule has 9 nitrogen and oxygen atoms in total. The summed E-state index contributed by atoms with van der Waals surface area (Å²) in [5, 5.41) is 14.9. The van der Waals surface area contributed by atoms with E-state index >= 15 is 0 Å². The molecule has 39 heavy (non-hydrogen) atoms. The van der Waals surface area contributed by atoms with Crippen molar-refractivity contribution in [3.8, 4) is 17.3 Å². The average Bonchev–Trinajstić information content (AvgIpc) is 3.39. The van der Waals surface area contributed by atoms with Crippen molar-refractivity contribution in [1.29, 1.82) is 5.26 Å². The number of pyridine rings is 1. The van der Waals surface area contributed by atoms with Gasteiger partial charge >= 0.3 is 0 Å². The Kier molecular flexibility index (Phi) is 7.32. The number of rotatable bonds is 6. The third-order valence-electron chi connectivity index (χ3n) is 6.82. The summed E-state index contributed by atoms with van der Waals surface area (Å²) in [6.45, 7) is 3.35. The van der Waals surface area contributed by atoms with Crippen LogP contribution < -0.4 is 20.7 Å². The van der Waals surface area contributed by atoms with Gasteiger partial charge in [-0.1, -0.05) is 11.3 Å². The molecule has 2 aromatic heterocycles. The van der Waals surface area contributed by atoms with E-state index in [-0.39, 0.29) is 23.8 Å². The summed E-state index contributed by atoms with van der Waals surface area (Å²) in [7, 11) is 5.12. The highest BCUT2D eigenvalue weighted by Gasteiger charge is 2.22. The van der Waals surface area contributed by atoms with Gasteiger partial charge < -0.3 is 24.6 Å². The number of nitrogens with zero attached hydrogens (tertiary/aromatic N) is 6. The molecule has 1 amide bonds. The average molecular weight is 546 g/mol. The molecule has 0 spiro atoms. The lowest BCUT2D eigenvalue weighted by Gasteiger charge is -2.30.